The van der Waals surface area contributed by atoms with Crippen molar-refractivity contribution in [1.29, 1.82) is 0 Å². The Morgan fingerprint density at radius 1 is 0.926 bits per heavy atom. The zero-order chi connectivity index (χ0) is 20.9. The first-order valence-electron chi connectivity index (χ1n) is 9.22. The van der Waals surface area contributed by atoms with Gasteiger partial charge in [0.2, 0.25) is 13.6 Å². The molecule has 160 valence electrons. The number of halogens is 2. The smallest absolute Gasteiger partial charge is 0.405 e. The maximum absolute atomic E-state index is 14.5. The van der Waals surface area contributed by atoms with Crippen LogP contribution in [-0.2, 0) is 32.7 Å². The monoisotopic (exact) mass is 416 g/mol. The average Bonchev–Trinajstić information content (AvgIpc) is 2.63. The Labute approximate surface area is 159 Å². The number of alkyl halides is 2. The van der Waals surface area contributed by atoms with Gasteiger partial charge in [0.25, 0.3) is 0 Å². The van der Waals surface area contributed by atoms with E-state index in [0.29, 0.717) is 12.8 Å². The van der Waals surface area contributed by atoms with Crippen molar-refractivity contribution in [3.63, 3.8) is 0 Å². The quantitative estimate of drug-likeness (QED) is 0.205. The van der Waals surface area contributed by atoms with E-state index >= 15 is 0 Å². The van der Waals surface area contributed by atoms with Crippen LogP contribution in [0.5, 0.6) is 0 Å². The molecule has 10 heteroatoms. The summed E-state index contributed by atoms with van der Waals surface area (Å²) in [7, 11) is -5.05. The second kappa shape index (κ2) is 13.2. The van der Waals surface area contributed by atoms with E-state index in [4.69, 9.17) is 0 Å². The van der Waals surface area contributed by atoms with Crippen LogP contribution >= 0.6 is 7.60 Å². The van der Waals surface area contributed by atoms with Crippen LogP contribution in [0.1, 0.15) is 72.6 Å². The predicted molar refractivity (Wildman–Crippen MR) is 95.1 cm³/mol. The number of rotatable bonds is 15. The molecule has 0 aromatic heterocycles. The van der Waals surface area contributed by atoms with E-state index in [1.54, 1.807) is 0 Å². The van der Waals surface area contributed by atoms with E-state index in [1.807, 2.05) is 13.8 Å². The molecule has 27 heavy (non-hydrogen) atoms. The van der Waals surface area contributed by atoms with Gasteiger partial charge in [-0.05, 0) is 19.3 Å². The standard InChI is InChI=1S/C17H31F2O7P/c1-5-8-10-15(20)23-12-25-27(22,17(18,19)14(4)7-3)26-13-24-16(21)11-9-6-2/h14H,5-13H2,1-4H3. The SMILES string of the molecule is CCCCC(=O)OCOP(=O)(OCOC(=O)CCCC)C(F)(F)C(C)CC. The molecule has 0 N–H and O–H groups in total. The minimum atomic E-state index is -5.05. The van der Waals surface area contributed by atoms with E-state index in [1.165, 1.54) is 13.8 Å². The number of carbonyl (C=O) groups excluding carboxylic acids is 2. The van der Waals surface area contributed by atoms with E-state index in [-0.39, 0.29) is 19.3 Å². The summed E-state index contributed by atoms with van der Waals surface area (Å²) in [5.41, 5.74) is -3.84. The molecule has 1 unspecified atom stereocenters. The molecule has 0 radical (unpaired) electrons. The molecule has 0 aliphatic carbocycles. The third-order valence-corrected chi connectivity index (χ3v) is 5.99. The van der Waals surface area contributed by atoms with E-state index in [0.717, 1.165) is 12.8 Å². The van der Waals surface area contributed by atoms with Crippen molar-refractivity contribution in [1.82, 2.24) is 0 Å². The van der Waals surface area contributed by atoms with Gasteiger partial charge in [-0.15, -0.1) is 0 Å². The minimum absolute atomic E-state index is 0.0102. The van der Waals surface area contributed by atoms with Gasteiger partial charge in [-0.1, -0.05) is 40.5 Å². The summed E-state index contributed by atoms with van der Waals surface area (Å²) >= 11 is 0. The first-order chi connectivity index (χ1) is 12.6. The van der Waals surface area contributed by atoms with Crippen molar-refractivity contribution < 1.29 is 41.5 Å². The van der Waals surface area contributed by atoms with Crippen molar-refractivity contribution in [2.75, 3.05) is 13.6 Å². The summed E-state index contributed by atoms with van der Waals surface area (Å²) < 4.78 is 60.4. The average molecular weight is 416 g/mol. The Bertz CT molecular complexity index is 470. The van der Waals surface area contributed by atoms with Crippen molar-refractivity contribution in [2.24, 2.45) is 5.92 Å². The number of unbranched alkanes of at least 4 members (excludes halogenated alkanes) is 2. The predicted octanol–water partition coefficient (Wildman–Crippen LogP) is 5.23. The first-order valence-corrected chi connectivity index (χ1v) is 10.8. The Hall–Kier alpha value is -1.05. The number of esters is 2. The summed E-state index contributed by atoms with van der Waals surface area (Å²) in [5, 5.41) is 0. The molecule has 7 nitrogen and oxygen atoms in total. The van der Waals surface area contributed by atoms with Crippen molar-refractivity contribution in [2.45, 2.75) is 78.3 Å². The molecule has 0 saturated heterocycles. The molecule has 0 amide bonds. The van der Waals surface area contributed by atoms with Crippen LogP contribution in [0.15, 0.2) is 0 Å². The van der Waals surface area contributed by atoms with Crippen molar-refractivity contribution in [3.8, 4) is 0 Å². The van der Waals surface area contributed by atoms with Crippen LogP contribution in [0.3, 0.4) is 0 Å². The van der Waals surface area contributed by atoms with Gasteiger partial charge < -0.3 is 9.47 Å². The van der Waals surface area contributed by atoms with Gasteiger partial charge in [0.15, 0.2) is 0 Å². The van der Waals surface area contributed by atoms with Gasteiger partial charge >= 0.3 is 25.2 Å². The zero-order valence-corrected chi connectivity index (χ0v) is 17.4. The summed E-state index contributed by atoms with van der Waals surface area (Å²) in [5.74, 6) is -2.63. The van der Waals surface area contributed by atoms with Gasteiger partial charge in [0, 0.05) is 18.8 Å². The van der Waals surface area contributed by atoms with Crippen molar-refractivity contribution >= 4 is 19.5 Å². The normalized spacial score (nSPS) is 13.3. The van der Waals surface area contributed by atoms with Gasteiger partial charge in [0.1, 0.15) is 0 Å². The molecule has 0 bridgehead atoms. The molecule has 0 rings (SSSR count). The fourth-order valence-corrected chi connectivity index (χ4v) is 3.36. The number of hydrogen-bond donors (Lipinski definition) is 0. The van der Waals surface area contributed by atoms with Crippen LogP contribution in [0.25, 0.3) is 0 Å². The third-order valence-electron chi connectivity index (χ3n) is 3.92. The zero-order valence-electron chi connectivity index (χ0n) is 16.5. The summed E-state index contributed by atoms with van der Waals surface area (Å²) in [6, 6.07) is 0. The van der Waals surface area contributed by atoms with E-state index in [9.17, 15) is 22.9 Å². The molecular formula is C17H31F2O7P. The lowest BCUT2D eigenvalue weighted by atomic mass is 10.1. The second-order valence-corrected chi connectivity index (χ2v) is 8.24. The Morgan fingerprint density at radius 2 is 1.33 bits per heavy atom. The van der Waals surface area contributed by atoms with Crippen molar-refractivity contribution in [3.05, 3.63) is 0 Å². The first kappa shape index (κ1) is 26.0. The molecule has 0 heterocycles. The van der Waals surface area contributed by atoms with Crippen LogP contribution in [0.4, 0.5) is 8.78 Å². The summed E-state index contributed by atoms with van der Waals surface area (Å²) in [6.07, 6.45) is 2.87. The summed E-state index contributed by atoms with van der Waals surface area (Å²) in [4.78, 5) is 22.9. The fourth-order valence-electron chi connectivity index (χ4n) is 1.83. The van der Waals surface area contributed by atoms with Crippen LogP contribution in [-0.4, -0.2) is 31.2 Å². The maximum atomic E-state index is 14.5. The Morgan fingerprint density at radius 3 is 1.67 bits per heavy atom. The van der Waals surface area contributed by atoms with Crippen LogP contribution in [0.2, 0.25) is 0 Å². The number of hydrogen-bond acceptors (Lipinski definition) is 7. The lowest BCUT2D eigenvalue weighted by Crippen LogP contribution is -2.29. The highest BCUT2D eigenvalue weighted by molar-refractivity contribution is 7.55. The fraction of sp³-hybridized carbons (Fsp3) is 0.882. The van der Waals surface area contributed by atoms with E-state index in [2.05, 4.69) is 18.5 Å². The Kier molecular flexibility index (Phi) is 12.7. The summed E-state index contributed by atoms with van der Waals surface area (Å²) in [6.45, 7) is 4.57. The van der Waals surface area contributed by atoms with E-state index < -0.39 is 44.7 Å². The molecular weight excluding hydrogens is 385 g/mol. The minimum Gasteiger partial charge on any atom is -0.438 e. The number of carbonyl (C=O) groups is 2. The highest BCUT2D eigenvalue weighted by Crippen LogP contribution is 2.65. The molecule has 0 spiro atoms. The topological polar surface area (TPSA) is 88.1 Å². The Balaban J connectivity index is 4.88. The molecule has 0 fully saturated rings. The highest BCUT2D eigenvalue weighted by Gasteiger charge is 2.57. The molecule has 0 aromatic carbocycles. The number of ether oxygens (including phenoxy) is 2. The molecule has 1 atom stereocenters. The van der Waals surface area contributed by atoms with Gasteiger partial charge in [-0.25, -0.2) is 0 Å². The van der Waals surface area contributed by atoms with Crippen LogP contribution < -0.4 is 0 Å². The lowest BCUT2D eigenvalue weighted by Gasteiger charge is -2.29. The molecule has 0 saturated carbocycles. The largest absolute Gasteiger partial charge is 0.438 e. The highest BCUT2D eigenvalue weighted by atomic mass is 31.2. The molecule has 0 aliphatic heterocycles. The van der Waals surface area contributed by atoms with Gasteiger partial charge in [-0.3, -0.25) is 23.2 Å². The van der Waals surface area contributed by atoms with Gasteiger partial charge in [-0.2, -0.15) is 8.78 Å². The lowest BCUT2D eigenvalue weighted by molar-refractivity contribution is -0.154. The maximum Gasteiger partial charge on any atom is 0.405 e. The van der Waals surface area contributed by atoms with Gasteiger partial charge in [0.05, 0.1) is 0 Å². The third kappa shape index (κ3) is 9.12. The molecule has 0 aromatic rings. The second-order valence-electron chi connectivity index (χ2n) is 6.13. The van der Waals surface area contributed by atoms with Crippen LogP contribution in [0, 0.1) is 5.92 Å². The molecule has 0 aliphatic rings.